The SMILES string of the molecule is CC(C)(C)N(c1ccccc1F)c1cc(-c2cccc(-c3ccc4ccccc4c3)c2)c(-c2ccccc2)cc1F. The lowest BCUT2D eigenvalue weighted by molar-refractivity contribution is 0.527. The number of para-hydroxylation sites is 1. The highest BCUT2D eigenvalue weighted by Gasteiger charge is 2.29. The molecule has 3 heteroatoms. The van der Waals surface area contributed by atoms with Gasteiger partial charge in [0.2, 0.25) is 0 Å². The minimum atomic E-state index is -0.596. The molecule has 0 aliphatic heterocycles. The number of fused-ring (bicyclic) bond motifs is 1. The van der Waals surface area contributed by atoms with Crippen LogP contribution in [0.5, 0.6) is 0 Å². The fourth-order valence-corrected chi connectivity index (χ4v) is 5.55. The standard InChI is InChI=1S/C38H31F2N/c1-38(2,3)41(36-19-10-9-18-34(36)39)37-25-33(32(24-35(37)40)27-13-5-4-6-14-27)31-17-11-16-29(23-31)30-21-20-26-12-7-8-15-28(26)22-30/h4-25H,1-3H3. The van der Waals surface area contributed by atoms with Crippen LogP contribution in [0.15, 0.2) is 133 Å². The van der Waals surface area contributed by atoms with E-state index < -0.39 is 17.2 Å². The summed E-state index contributed by atoms with van der Waals surface area (Å²) in [6, 6.07) is 43.0. The van der Waals surface area contributed by atoms with Gasteiger partial charge >= 0.3 is 0 Å². The molecule has 0 amide bonds. The van der Waals surface area contributed by atoms with Crippen LogP contribution in [-0.2, 0) is 0 Å². The fraction of sp³-hybridized carbons (Fsp3) is 0.105. The van der Waals surface area contributed by atoms with Gasteiger partial charge in [-0.2, -0.15) is 0 Å². The van der Waals surface area contributed by atoms with E-state index in [1.165, 1.54) is 16.8 Å². The molecule has 0 N–H and O–H groups in total. The first-order chi connectivity index (χ1) is 19.8. The lowest BCUT2D eigenvalue weighted by atomic mass is 9.90. The Morgan fingerprint density at radius 1 is 0.439 bits per heavy atom. The van der Waals surface area contributed by atoms with Crippen molar-refractivity contribution < 1.29 is 8.78 Å². The summed E-state index contributed by atoms with van der Waals surface area (Å²) in [4.78, 5) is 1.75. The normalized spacial score (nSPS) is 11.5. The summed E-state index contributed by atoms with van der Waals surface area (Å²) in [5.74, 6) is -0.801. The third-order valence-electron chi connectivity index (χ3n) is 7.43. The first-order valence-electron chi connectivity index (χ1n) is 13.8. The van der Waals surface area contributed by atoms with Crippen LogP contribution < -0.4 is 4.90 Å². The van der Waals surface area contributed by atoms with Gasteiger partial charge in [-0.15, -0.1) is 0 Å². The van der Waals surface area contributed by atoms with E-state index in [4.69, 9.17) is 0 Å². The Kier molecular flexibility index (Phi) is 6.88. The second kappa shape index (κ2) is 10.7. The van der Waals surface area contributed by atoms with Crippen molar-refractivity contribution >= 4 is 22.1 Å². The lowest BCUT2D eigenvalue weighted by Crippen LogP contribution is -2.38. The van der Waals surface area contributed by atoms with Gasteiger partial charge in [0.15, 0.2) is 0 Å². The van der Waals surface area contributed by atoms with Crippen molar-refractivity contribution in [1.29, 1.82) is 0 Å². The Labute approximate surface area is 240 Å². The molecule has 0 saturated carbocycles. The van der Waals surface area contributed by atoms with E-state index in [1.807, 2.05) is 75.4 Å². The van der Waals surface area contributed by atoms with Gasteiger partial charge in [-0.25, -0.2) is 8.78 Å². The molecule has 0 atom stereocenters. The molecule has 0 bridgehead atoms. The molecule has 0 saturated heterocycles. The van der Waals surface area contributed by atoms with Crippen molar-refractivity contribution in [3.05, 3.63) is 145 Å². The molecular weight excluding hydrogens is 508 g/mol. The second-order valence-corrected chi connectivity index (χ2v) is 11.3. The van der Waals surface area contributed by atoms with Crippen molar-refractivity contribution in [2.24, 2.45) is 0 Å². The number of hydrogen-bond donors (Lipinski definition) is 0. The van der Waals surface area contributed by atoms with Gasteiger partial charge in [0.1, 0.15) is 11.6 Å². The molecule has 6 aromatic carbocycles. The van der Waals surface area contributed by atoms with E-state index in [2.05, 4.69) is 48.5 Å². The molecule has 0 spiro atoms. The molecule has 0 aliphatic carbocycles. The third kappa shape index (κ3) is 5.24. The summed E-state index contributed by atoms with van der Waals surface area (Å²) in [5, 5.41) is 2.37. The molecule has 0 aromatic heterocycles. The number of rotatable bonds is 5. The highest BCUT2D eigenvalue weighted by molar-refractivity contribution is 5.91. The van der Waals surface area contributed by atoms with Crippen LogP contribution in [0.4, 0.5) is 20.2 Å². The fourth-order valence-electron chi connectivity index (χ4n) is 5.55. The van der Waals surface area contributed by atoms with E-state index in [-0.39, 0.29) is 0 Å². The monoisotopic (exact) mass is 539 g/mol. The average molecular weight is 540 g/mol. The Hall–Kier alpha value is -4.76. The smallest absolute Gasteiger partial charge is 0.147 e. The first kappa shape index (κ1) is 26.5. The Morgan fingerprint density at radius 2 is 1.05 bits per heavy atom. The third-order valence-corrected chi connectivity index (χ3v) is 7.43. The van der Waals surface area contributed by atoms with Gasteiger partial charge in [-0.1, -0.05) is 97.1 Å². The summed E-state index contributed by atoms with van der Waals surface area (Å²) >= 11 is 0. The molecule has 41 heavy (non-hydrogen) atoms. The molecule has 0 radical (unpaired) electrons. The number of benzene rings is 6. The number of hydrogen-bond acceptors (Lipinski definition) is 1. The summed E-state index contributed by atoms with van der Waals surface area (Å²) in [7, 11) is 0. The van der Waals surface area contributed by atoms with Crippen molar-refractivity contribution in [2.75, 3.05) is 4.90 Å². The van der Waals surface area contributed by atoms with E-state index in [0.29, 0.717) is 11.4 Å². The van der Waals surface area contributed by atoms with Gasteiger partial charge in [0, 0.05) is 5.54 Å². The van der Waals surface area contributed by atoms with E-state index in [0.717, 1.165) is 33.4 Å². The van der Waals surface area contributed by atoms with Gasteiger partial charge in [-0.3, -0.25) is 0 Å². The average Bonchev–Trinajstić information content (AvgIpc) is 2.98. The van der Waals surface area contributed by atoms with Crippen molar-refractivity contribution in [3.8, 4) is 33.4 Å². The molecule has 0 fully saturated rings. The molecule has 6 aromatic rings. The maximum atomic E-state index is 16.2. The van der Waals surface area contributed by atoms with Crippen LogP contribution in [0.3, 0.4) is 0 Å². The van der Waals surface area contributed by atoms with Gasteiger partial charge < -0.3 is 4.90 Å². The second-order valence-electron chi connectivity index (χ2n) is 11.3. The minimum absolute atomic E-state index is 0.327. The van der Waals surface area contributed by atoms with Crippen LogP contribution in [0.2, 0.25) is 0 Å². The van der Waals surface area contributed by atoms with Crippen LogP contribution in [0, 0.1) is 11.6 Å². The molecule has 6 rings (SSSR count). The van der Waals surface area contributed by atoms with Crippen LogP contribution in [0.25, 0.3) is 44.2 Å². The number of nitrogens with zero attached hydrogens (tertiary/aromatic N) is 1. The van der Waals surface area contributed by atoms with Crippen LogP contribution >= 0.6 is 0 Å². The molecule has 202 valence electrons. The Balaban J connectivity index is 1.57. The molecule has 0 unspecified atom stereocenters. The van der Waals surface area contributed by atoms with Crippen molar-refractivity contribution in [2.45, 2.75) is 26.3 Å². The zero-order chi connectivity index (χ0) is 28.6. The van der Waals surface area contributed by atoms with Crippen LogP contribution in [0.1, 0.15) is 20.8 Å². The van der Waals surface area contributed by atoms with E-state index in [1.54, 1.807) is 29.2 Å². The minimum Gasteiger partial charge on any atom is -0.331 e. The quantitative estimate of drug-likeness (QED) is 0.211. The van der Waals surface area contributed by atoms with Crippen molar-refractivity contribution in [1.82, 2.24) is 0 Å². The molecular formula is C38H31F2N. The summed E-state index contributed by atoms with van der Waals surface area (Å²) in [5.41, 5.74) is 5.77. The zero-order valence-corrected chi connectivity index (χ0v) is 23.4. The predicted octanol–water partition coefficient (Wildman–Crippen LogP) is 11.1. The highest BCUT2D eigenvalue weighted by atomic mass is 19.1. The largest absolute Gasteiger partial charge is 0.331 e. The number of halogens is 2. The topological polar surface area (TPSA) is 3.24 Å². The summed E-state index contributed by atoms with van der Waals surface area (Å²) < 4.78 is 31.3. The maximum absolute atomic E-state index is 16.2. The van der Waals surface area contributed by atoms with E-state index in [9.17, 15) is 0 Å². The molecule has 0 heterocycles. The van der Waals surface area contributed by atoms with Gasteiger partial charge in [-0.05, 0) is 101 Å². The summed E-state index contributed by atoms with van der Waals surface area (Å²) in [6.07, 6.45) is 0. The Bertz CT molecular complexity index is 1850. The molecule has 0 aliphatic rings. The lowest BCUT2D eigenvalue weighted by Gasteiger charge is -2.38. The zero-order valence-electron chi connectivity index (χ0n) is 23.4. The Morgan fingerprint density at radius 3 is 1.80 bits per heavy atom. The van der Waals surface area contributed by atoms with E-state index >= 15 is 8.78 Å². The molecule has 1 nitrogen and oxygen atoms in total. The van der Waals surface area contributed by atoms with Crippen molar-refractivity contribution in [3.63, 3.8) is 0 Å². The maximum Gasteiger partial charge on any atom is 0.147 e. The predicted molar refractivity (Wildman–Crippen MR) is 169 cm³/mol. The number of anilines is 2. The first-order valence-corrected chi connectivity index (χ1v) is 13.8. The van der Waals surface area contributed by atoms with Gasteiger partial charge in [0.05, 0.1) is 11.4 Å². The highest BCUT2D eigenvalue weighted by Crippen LogP contribution is 2.43. The van der Waals surface area contributed by atoms with Crippen LogP contribution in [-0.4, -0.2) is 5.54 Å². The summed E-state index contributed by atoms with van der Waals surface area (Å²) in [6.45, 7) is 5.89. The van der Waals surface area contributed by atoms with Gasteiger partial charge in [0.25, 0.3) is 0 Å².